The number of rotatable bonds is 4. The summed E-state index contributed by atoms with van der Waals surface area (Å²) in [5, 5.41) is 6.19. The van der Waals surface area contributed by atoms with Gasteiger partial charge in [0.25, 0.3) is 0 Å². The monoisotopic (exact) mass is 304 g/mol. The SMILES string of the molecule is O=C(CC1CCCCO1)Nc1ccc(N2CCNCC2)cn1. The maximum Gasteiger partial charge on any atom is 0.228 e. The number of hydrogen-bond acceptors (Lipinski definition) is 5. The third-order valence-corrected chi connectivity index (χ3v) is 4.18. The van der Waals surface area contributed by atoms with Crippen LogP contribution < -0.4 is 15.5 Å². The third-order valence-electron chi connectivity index (χ3n) is 4.18. The summed E-state index contributed by atoms with van der Waals surface area (Å²) >= 11 is 0. The number of hydrogen-bond donors (Lipinski definition) is 2. The molecule has 0 saturated carbocycles. The highest BCUT2D eigenvalue weighted by Gasteiger charge is 2.18. The molecule has 0 radical (unpaired) electrons. The molecule has 1 unspecified atom stereocenters. The van der Waals surface area contributed by atoms with Crippen LogP contribution in [0.3, 0.4) is 0 Å². The van der Waals surface area contributed by atoms with Gasteiger partial charge >= 0.3 is 0 Å². The quantitative estimate of drug-likeness (QED) is 0.880. The van der Waals surface area contributed by atoms with E-state index >= 15 is 0 Å². The first-order valence-electron chi connectivity index (χ1n) is 8.14. The molecule has 1 aromatic heterocycles. The summed E-state index contributed by atoms with van der Waals surface area (Å²) in [5.41, 5.74) is 1.11. The van der Waals surface area contributed by atoms with Gasteiger partial charge in [0.05, 0.1) is 24.4 Å². The van der Waals surface area contributed by atoms with Gasteiger partial charge in [-0.05, 0) is 31.4 Å². The Balaban J connectivity index is 1.50. The molecule has 3 rings (SSSR count). The first kappa shape index (κ1) is 15.2. The van der Waals surface area contributed by atoms with Crippen LogP contribution in [-0.2, 0) is 9.53 Å². The van der Waals surface area contributed by atoms with E-state index in [0.29, 0.717) is 12.2 Å². The molecule has 2 saturated heterocycles. The Labute approximate surface area is 131 Å². The number of carbonyl (C=O) groups is 1. The Kier molecular flexibility index (Phi) is 5.24. The highest BCUT2D eigenvalue weighted by molar-refractivity contribution is 5.90. The van der Waals surface area contributed by atoms with Gasteiger partial charge in [0, 0.05) is 32.8 Å². The van der Waals surface area contributed by atoms with Crippen LogP contribution in [0.25, 0.3) is 0 Å². The molecule has 0 bridgehead atoms. The summed E-state index contributed by atoms with van der Waals surface area (Å²) in [5.74, 6) is 0.592. The van der Waals surface area contributed by atoms with Gasteiger partial charge in [-0.2, -0.15) is 0 Å². The molecule has 2 aliphatic rings. The minimum Gasteiger partial charge on any atom is -0.378 e. The molecule has 2 fully saturated rings. The van der Waals surface area contributed by atoms with Gasteiger partial charge in [-0.25, -0.2) is 4.98 Å². The molecular formula is C16H24N4O2. The van der Waals surface area contributed by atoms with Gasteiger partial charge < -0.3 is 20.3 Å². The van der Waals surface area contributed by atoms with Crippen molar-refractivity contribution >= 4 is 17.4 Å². The predicted molar refractivity (Wildman–Crippen MR) is 86.2 cm³/mol. The summed E-state index contributed by atoms with van der Waals surface area (Å²) in [6, 6.07) is 3.89. The van der Waals surface area contributed by atoms with E-state index in [1.807, 2.05) is 18.3 Å². The number of carbonyl (C=O) groups excluding carboxylic acids is 1. The Hall–Kier alpha value is -1.66. The second-order valence-electron chi connectivity index (χ2n) is 5.88. The highest BCUT2D eigenvalue weighted by Crippen LogP contribution is 2.18. The van der Waals surface area contributed by atoms with Gasteiger partial charge in [0.1, 0.15) is 5.82 Å². The van der Waals surface area contributed by atoms with Crippen molar-refractivity contribution in [1.29, 1.82) is 0 Å². The van der Waals surface area contributed by atoms with Crippen LogP contribution in [0.1, 0.15) is 25.7 Å². The number of aromatic nitrogens is 1. The van der Waals surface area contributed by atoms with E-state index in [4.69, 9.17) is 4.74 Å². The van der Waals surface area contributed by atoms with E-state index in [1.165, 1.54) is 0 Å². The molecule has 120 valence electrons. The molecule has 0 spiro atoms. The lowest BCUT2D eigenvalue weighted by Gasteiger charge is -2.29. The molecule has 22 heavy (non-hydrogen) atoms. The topological polar surface area (TPSA) is 66.5 Å². The Morgan fingerprint density at radius 1 is 1.36 bits per heavy atom. The summed E-state index contributed by atoms with van der Waals surface area (Å²) in [4.78, 5) is 18.7. The van der Waals surface area contributed by atoms with Crippen LogP contribution in [0.2, 0.25) is 0 Å². The van der Waals surface area contributed by atoms with Gasteiger partial charge in [-0.1, -0.05) is 0 Å². The van der Waals surface area contributed by atoms with Crippen molar-refractivity contribution in [3.05, 3.63) is 18.3 Å². The zero-order chi connectivity index (χ0) is 15.2. The second-order valence-corrected chi connectivity index (χ2v) is 5.88. The standard InChI is InChI=1S/C16H24N4O2/c21-16(11-14-3-1-2-10-22-14)19-15-5-4-13(12-18-15)20-8-6-17-7-9-20/h4-5,12,14,17H,1-3,6-11H2,(H,18,19,21). The van der Waals surface area contributed by atoms with Gasteiger partial charge in [-0.3, -0.25) is 4.79 Å². The first-order valence-corrected chi connectivity index (χ1v) is 8.14. The second kappa shape index (κ2) is 7.56. The van der Waals surface area contributed by atoms with Crippen molar-refractivity contribution in [1.82, 2.24) is 10.3 Å². The molecule has 6 nitrogen and oxygen atoms in total. The van der Waals surface area contributed by atoms with Crippen LogP contribution in [0.4, 0.5) is 11.5 Å². The number of piperazine rings is 1. The molecule has 2 aliphatic heterocycles. The molecule has 3 heterocycles. The fraction of sp³-hybridized carbons (Fsp3) is 0.625. The van der Waals surface area contributed by atoms with Crippen molar-refractivity contribution in [2.75, 3.05) is 43.0 Å². The van der Waals surface area contributed by atoms with Crippen LogP contribution in [0, 0.1) is 0 Å². The average molecular weight is 304 g/mol. The lowest BCUT2D eigenvalue weighted by atomic mass is 10.1. The maximum atomic E-state index is 12.0. The number of anilines is 2. The van der Waals surface area contributed by atoms with Crippen molar-refractivity contribution in [2.45, 2.75) is 31.8 Å². The average Bonchev–Trinajstić information content (AvgIpc) is 2.57. The predicted octanol–water partition coefficient (Wildman–Crippen LogP) is 1.39. The van der Waals surface area contributed by atoms with E-state index in [1.54, 1.807) is 0 Å². The summed E-state index contributed by atoms with van der Waals surface area (Å²) in [6.07, 6.45) is 5.54. The van der Waals surface area contributed by atoms with Crippen molar-refractivity contribution < 1.29 is 9.53 Å². The summed E-state index contributed by atoms with van der Waals surface area (Å²) in [6.45, 7) is 4.76. The van der Waals surface area contributed by atoms with Crippen molar-refractivity contribution in [2.24, 2.45) is 0 Å². The molecule has 0 aromatic carbocycles. The fourth-order valence-corrected chi connectivity index (χ4v) is 2.94. The third kappa shape index (κ3) is 4.18. The van der Waals surface area contributed by atoms with E-state index in [2.05, 4.69) is 20.5 Å². The number of ether oxygens (including phenoxy) is 1. The van der Waals surface area contributed by atoms with E-state index in [9.17, 15) is 4.79 Å². The number of pyridine rings is 1. The maximum absolute atomic E-state index is 12.0. The van der Waals surface area contributed by atoms with E-state index < -0.39 is 0 Å². The van der Waals surface area contributed by atoms with Crippen LogP contribution in [0.5, 0.6) is 0 Å². The van der Waals surface area contributed by atoms with Crippen molar-refractivity contribution in [3.63, 3.8) is 0 Å². The smallest absolute Gasteiger partial charge is 0.228 e. The van der Waals surface area contributed by atoms with E-state index in [0.717, 1.165) is 57.7 Å². The lowest BCUT2D eigenvalue weighted by molar-refractivity contribution is -0.119. The largest absolute Gasteiger partial charge is 0.378 e. The van der Waals surface area contributed by atoms with Crippen LogP contribution >= 0.6 is 0 Å². The van der Waals surface area contributed by atoms with E-state index in [-0.39, 0.29) is 12.0 Å². The molecule has 1 amide bonds. The molecule has 1 atom stereocenters. The Bertz CT molecular complexity index is 479. The Morgan fingerprint density at radius 3 is 2.91 bits per heavy atom. The normalized spacial score (nSPS) is 22.4. The lowest BCUT2D eigenvalue weighted by Crippen LogP contribution is -2.43. The minimum absolute atomic E-state index is 0.0191. The summed E-state index contributed by atoms with van der Waals surface area (Å²) in [7, 11) is 0. The Morgan fingerprint density at radius 2 is 2.23 bits per heavy atom. The number of nitrogens with zero attached hydrogens (tertiary/aromatic N) is 2. The van der Waals surface area contributed by atoms with Gasteiger partial charge in [0.15, 0.2) is 0 Å². The van der Waals surface area contributed by atoms with Crippen molar-refractivity contribution in [3.8, 4) is 0 Å². The highest BCUT2D eigenvalue weighted by atomic mass is 16.5. The molecule has 1 aromatic rings. The summed E-state index contributed by atoms with van der Waals surface area (Å²) < 4.78 is 5.59. The molecular weight excluding hydrogens is 280 g/mol. The van der Waals surface area contributed by atoms with Gasteiger partial charge in [0.2, 0.25) is 5.91 Å². The molecule has 6 heteroatoms. The molecule has 2 N–H and O–H groups in total. The van der Waals surface area contributed by atoms with Crippen LogP contribution in [-0.4, -0.2) is 49.8 Å². The fourth-order valence-electron chi connectivity index (χ4n) is 2.94. The van der Waals surface area contributed by atoms with Crippen LogP contribution in [0.15, 0.2) is 18.3 Å². The first-order chi connectivity index (χ1) is 10.8. The minimum atomic E-state index is -0.0191. The zero-order valence-electron chi connectivity index (χ0n) is 12.9. The van der Waals surface area contributed by atoms with Gasteiger partial charge in [-0.15, -0.1) is 0 Å². The molecule has 0 aliphatic carbocycles. The number of nitrogens with one attached hydrogen (secondary N) is 2. The number of amides is 1. The zero-order valence-corrected chi connectivity index (χ0v) is 12.9.